The smallest absolute Gasteiger partial charge is 0.358 e. The van der Waals surface area contributed by atoms with Crippen molar-refractivity contribution in [3.63, 3.8) is 0 Å². The van der Waals surface area contributed by atoms with E-state index in [0.29, 0.717) is 16.6 Å². The summed E-state index contributed by atoms with van der Waals surface area (Å²) in [5, 5.41) is 14.8. The molecule has 1 aliphatic heterocycles. The number of rotatable bonds is 4. The van der Waals surface area contributed by atoms with Gasteiger partial charge in [-0.1, -0.05) is 12.1 Å². The van der Waals surface area contributed by atoms with Crippen molar-refractivity contribution in [2.45, 2.75) is 38.8 Å². The monoisotopic (exact) mass is 406 g/mol. The topological polar surface area (TPSA) is 81.3 Å². The van der Waals surface area contributed by atoms with Gasteiger partial charge in [0, 0.05) is 18.2 Å². The molecule has 0 aliphatic carbocycles. The molecule has 1 aromatic carbocycles. The van der Waals surface area contributed by atoms with Gasteiger partial charge in [-0.05, 0) is 64.7 Å². The van der Waals surface area contributed by atoms with Crippen molar-refractivity contribution >= 4 is 27.7 Å². The molecule has 1 aromatic heterocycles. The molecule has 0 bridgehead atoms. The fourth-order valence-electron chi connectivity index (χ4n) is 3.15. The molecule has 1 aliphatic rings. The minimum Gasteiger partial charge on any atom is -0.358 e. The summed E-state index contributed by atoms with van der Waals surface area (Å²) < 4.78 is 1.84. The first-order valence-electron chi connectivity index (χ1n) is 8.23. The highest BCUT2D eigenvalue weighted by molar-refractivity contribution is 9.10. The summed E-state index contributed by atoms with van der Waals surface area (Å²) >= 11 is 3.14. The van der Waals surface area contributed by atoms with Crippen LogP contribution in [0.4, 0.5) is 5.82 Å². The summed E-state index contributed by atoms with van der Waals surface area (Å²) in [7, 11) is 0. The Kier molecular flexibility index (Phi) is 5.17. The van der Waals surface area contributed by atoms with Gasteiger partial charge in [-0.15, -0.1) is 0 Å². The van der Waals surface area contributed by atoms with Crippen molar-refractivity contribution < 1.29 is 9.72 Å². The Morgan fingerprint density at radius 2 is 2.24 bits per heavy atom. The summed E-state index contributed by atoms with van der Waals surface area (Å²) in [6.45, 7) is 3.24. The van der Waals surface area contributed by atoms with Crippen molar-refractivity contribution in [2.24, 2.45) is 0 Å². The minimum atomic E-state index is -0.529. The van der Waals surface area contributed by atoms with Gasteiger partial charge in [0.05, 0.1) is 17.8 Å². The van der Waals surface area contributed by atoms with Crippen molar-refractivity contribution in [3.05, 3.63) is 56.2 Å². The molecule has 0 N–H and O–H groups in total. The Hall–Kier alpha value is -2.22. The lowest BCUT2D eigenvalue weighted by atomic mass is 10.0. The van der Waals surface area contributed by atoms with Crippen LogP contribution in [0.5, 0.6) is 0 Å². The zero-order valence-electron chi connectivity index (χ0n) is 13.9. The van der Waals surface area contributed by atoms with E-state index in [4.69, 9.17) is 0 Å². The summed E-state index contributed by atoms with van der Waals surface area (Å²) in [5.41, 5.74) is 1.52. The normalized spacial score (nSPS) is 17.5. The highest BCUT2D eigenvalue weighted by Gasteiger charge is 2.24. The quantitative estimate of drug-likeness (QED) is 0.573. The van der Waals surface area contributed by atoms with Gasteiger partial charge in [-0.25, -0.2) is 0 Å². The number of carbonyl (C=O) groups excluding carboxylic acids is 1. The second-order valence-electron chi connectivity index (χ2n) is 6.30. The zero-order chi connectivity index (χ0) is 18.0. The van der Waals surface area contributed by atoms with Gasteiger partial charge in [-0.3, -0.25) is 4.79 Å². The van der Waals surface area contributed by atoms with Gasteiger partial charge in [0.15, 0.2) is 0 Å². The van der Waals surface area contributed by atoms with Gasteiger partial charge in [-0.2, -0.15) is 4.68 Å². The number of benzene rings is 1. The van der Waals surface area contributed by atoms with Gasteiger partial charge in [0.25, 0.3) is 5.91 Å². The number of amides is 1. The van der Waals surface area contributed by atoms with Crippen LogP contribution in [0.2, 0.25) is 0 Å². The van der Waals surface area contributed by atoms with E-state index in [2.05, 4.69) is 28.0 Å². The fraction of sp³-hybridized carbons (Fsp3) is 0.412. The number of aromatic nitrogens is 2. The van der Waals surface area contributed by atoms with Gasteiger partial charge >= 0.3 is 5.82 Å². The van der Waals surface area contributed by atoms with E-state index < -0.39 is 4.92 Å². The first kappa shape index (κ1) is 17.6. The summed E-state index contributed by atoms with van der Waals surface area (Å²) in [5.74, 6) is -0.170. The van der Waals surface area contributed by atoms with E-state index in [-0.39, 0.29) is 17.8 Å². The molecule has 0 spiro atoms. The van der Waals surface area contributed by atoms with Crippen LogP contribution in [0.15, 0.2) is 34.9 Å². The van der Waals surface area contributed by atoms with E-state index in [1.807, 2.05) is 29.2 Å². The summed E-state index contributed by atoms with van der Waals surface area (Å²) in [4.78, 5) is 25.1. The third-order valence-electron chi connectivity index (χ3n) is 4.45. The van der Waals surface area contributed by atoms with E-state index in [9.17, 15) is 14.9 Å². The number of hydrogen-bond donors (Lipinski definition) is 0. The Labute approximate surface area is 153 Å². The number of carbonyl (C=O) groups is 1. The van der Waals surface area contributed by atoms with Gasteiger partial charge < -0.3 is 15.0 Å². The molecule has 25 heavy (non-hydrogen) atoms. The van der Waals surface area contributed by atoms with Crippen molar-refractivity contribution in [2.75, 3.05) is 6.54 Å². The molecule has 3 rings (SSSR count). The first-order valence-corrected chi connectivity index (χ1v) is 9.02. The molecule has 1 saturated heterocycles. The third kappa shape index (κ3) is 3.89. The maximum Gasteiger partial charge on any atom is 0.404 e. The molecule has 0 unspecified atom stereocenters. The van der Waals surface area contributed by atoms with Crippen molar-refractivity contribution in [1.29, 1.82) is 0 Å². The van der Waals surface area contributed by atoms with Crippen LogP contribution >= 0.6 is 15.9 Å². The van der Waals surface area contributed by atoms with Crippen molar-refractivity contribution in [1.82, 2.24) is 14.7 Å². The molecule has 1 fully saturated rings. The molecule has 1 atom stereocenters. The highest BCUT2D eigenvalue weighted by Crippen LogP contribution is 2.23. The van der Waals surface area contributed by atoms with Crippen LogP contribution in [0.25, 0.3) is 0 Å². The number of likely N-dealkylation sites (tertiary alicyclic amines) is 1. The van der Waals surface area contributed by atoms with Crippen molar-refractivity contribution in [3.8, 4) is 0 Å². The maximum absolute atomic E-state index is 12.8. The molecule has 8 heteroatoms. The molecule has 2 heterocycles. The fourth-order valence-corrected chi connectivity index (χ4v) is 3.61. The molecule has 0 saturated carbocycles. The molecule has 7 nitrogen and oxygen atoms in total. The lowest BCUT2D eigenvalue weighted by molar-refractivity contribution is -0.390. The van der Waals surface area contributed by atoms with Crippen LogP contribution < -0.4 is 0 Å². The standard InChI is InChI=1S/C17H19BrN4O3/c1-12-5-2-3-8-21(12)17(23)14-7-4-6-13(9-14)10-20-11-15(18)16(19-20)22(24)25/h4,6-7,9,11-12H,2-3,5,8,10H2,1H3/t12-/m0/s1. The number of nitro groups is 1. The average Bonchev–Trinajstić information content (AvgIpc) is 2.95. The highest BCUT2D eigenvalue weighted by atomic mass is 79.9. The Morgan fingerprint density at radius 1 is 1.44 bits per heavy atom. The number of halogens is 1. The minimum absolute atomic E-state index is 0.0432. The Morgan fingerprint density at radius 3 is 2.92 bits per heavy atom. The van der Waals surface area contributed by atoms with Crippen LogP contribution in [-0.4, -0.2) is 38.1 Å². The predicted octanol–water partition coefficient (Wildman–Crippen LogP) is 3.62. The van der Waals surface area contributed by atoms with E-state index in [1.165, 1.54) is 4.68 Å². The van der Waals surface area contributed by atoms with E-state index in [0.717, 1.165) is 31.4 Å². The first-order chi connectivity index (χ1) is 12.0. The molecule has 2 aromatic rings. The lowest BCUT2D eigenvalue weighted by Gasteiger charge is -2.33. The second kappa shape index (κ2) is 7.35. The van der Waals surface area contributed by atoms with Crippen LogP contribution in [-0.2, 0) is 6.54 Å². The van der Waals surface area contributed by atoms with Gasteiger partial charge in [0.1, 0.15) is 4.47 Å². The molecule has 132 valence electrons. The Balaban J connectivity index is 1.78. The largest absolute Gasteiger partial charge is 0.404 e. The van der Waals surface area contributed by atoms with Crippen LogP contribution in [0.1, 0.15) is 42.1 Å². The Bertz CT molecular complexity index is 805. The number of hydrogen-bond acceptors (Lipinski definition) is 4. The maximum atomic E-state index is 12.8. The van der Waals surface area contributed by atoms with Crippen LogP contribution in [0, 0.1) is 10.1 Å². The average molecular weight is 407 g/mol. The molecular formula is C17H19BrN4O3. The van der Waals surface area contributed by atoms with Crippen LogP contribution in [0.3, 0.4) is 0 Å². The summed E-state index contributed by atoms with van der Waals surface area (Å²) in [6, 6.07) is 7.64. The predicted molar refractivity (Wildman–Crippen MR) is 96.5 cm³/mol. The number of piperidine rings is 1. The summed E-state index contributed by atoms with van der Waals surface area (Å²) in [6.07, 6.45) is 4.81. The number of nitrogens with zero attached hydrogens (tertiary/aromatic N) is 4. The SMILES string of the molecule is C[C@H]1CCCCN1C(=O)c1cccc(Cn2cc(Br)c([N+](=O)[O-])n2)c1. The second-order valence-corrected chi connectivity index (χ2v) is 7.15. The third-order valence-corrected chi connectivity index (χ3v) is 5.01. The molecule has 0 radical (unpaired) electrons. The zero-order valence-corrected chi connectivity index (χ0v) is 15.5. The lowest BCUT2D eigenvalue weighted by Crippen LogP contribution is -2.42. The van der Waals surface area contributed by atoms with Gasteiger partial charge in [0.2, 0.25) is 0 Å². The molecular weight excluding hydrogens is 388 g/mol. The molecule has 1 amide bonds. The van der Waals surface area contributed by atoms with E-state index >= 15 is 0 Å². The van der Waals surface area contributed by atoms with E-state index in [1.54, 1.807) is 6.20 Å².